The smallest absolute Gasteiger partial charge is 0.235 e. The van der Waals surface area contributed by atoms with Crippen LogP contribution in [-0.2, 0) is 0 Å². The summed E-state index contributed by atoms with van der Waals surface area (Å²) in [5, 5.41) is 0.511. The van der Waals surface area contributed by atoms with Crippen LogP contribution in [0, 0.1) is 0 Å². The lowest BCUT2D eigenvalue weighted by Gasteiger charge is -2.21. The van der Waals surface area contributed by atoms with Crippen LogP contribution in [0.4, 0.5) is 0 Å². The lowest BCUT2D eigenvalue weighted by atomic mass is 10.1. The van der Waals surface area contributed by atoms with Crippen molar-refractivity contribution in [3.8, 4) is 28.6 Å². The number of hydrogen-bond donors (Lipinski definition) is 0. The number of nitrogens with zero attached hydrogens (tertiary/aromatic N) is 1. The Morgan fingerprint density at radius 2 is 1.51 bits per heavy atom. The summed E-state index contributed by atoms with van der Waals surface area (Å²) in [5.41, 5.74) is 1.06. The van der Waals surface area contributed by atoms with Crippen molar-refractivity contribution in [2.24, 2.45) is 0 Å². The van der Waals surface area contributed by atoms with Crippen molar-refractivity contribution in [2.45, 2.75) is 52.4 Å². The monoisotopic (exact) mass is 481 g/mol. The minimum Gasteiger partial charge on any atom is -0.493 e. The van der Waals surface area contributed by atoms with Gasteiger partial charge in [0.15, 0.2) is 17.3 Å². The van der Waals surface area contributed by atoms with E-state index in [9.17, 15) is 4.79 Å². The van der Waals surface area contributed by atoms with Gasteiger partial charge in [-0.15, -0.1) is 0 Å². The minimum absolute atomic E-state index is 0.163. The zero-order valence-corrected chi connectivity index (χ0v) is 21.6. The van der Waals surface area contributed by atoms with Crippen molar-refractivity contribution < 1.29 is 18.6 Å². The van der Waals surface area contributed by atoms with Crippen LogP contribution in [0.25, 0.3) is 22.3 Å². The molecule has 1 heterocycles. The Balaban J connectivity index is 1.78. The summed E-state index contributed by atoms with van der Waals surface area (Å²) in [5.74, 6) is 1.82. The normalized spacial score (nSPS) is 11.2. The highest BCUT2D eigenvalue weighted by molar-refractivity contribution is 5.82. The van der Waals surface area contributed by atoms with Gasteiger partial charge in [-0.2, -0.15) is 0 Å². The molecule has 6 nitrogen and oxygen atoms in total. The zero-order chi connectivity index (χ0) is 25.0. The predicted octanol–water partition coefficient (Wildman–Crippen LogP) is 6.54. The molecular weight excluding hydrogens is 442 g/mol. The number of benzene rings is 2. The molecule has 0 fully saturated rings. The second kappa shape index (κ2) is 13.8. The topological polar surface area (TPSA) is 61.1 Å². The van der Waals surface area contributed by atoms with E-state index in [1.54, 1.807) is 38.5 Å². The average molecular weight is 482 g/mol. The summed E-state index contributed by atoms with van der Waals surface area (Å²) < 4.78 is 23.1. The van der Waals surface area contributed by atoms with Crippen molar-refractivity contribution in [3.05, 3.63) is 52.7 Å². The summed E-state index contributed by atoms with van der Waals surface area (Å²) in [6.07, 6.45) is 6.77. The van der Waals surface area contributed by atoms with E-state index in [2.05, 4.69) is 18.7 Å². The van der Waals surface area contributed by atoms with Crippen molar-refractivity contribution in [1.29, 1.82) is 0 Å². The number of fused-ring (bicyclic) bond motifs is 1. The first-order valence-corrected chi connectivity index (χ1v) is 12.8. The van der Waals surface area contributed by atoms with Crippen LogP contribution in [-0.4, -0.2) is 45.4 Å². The van der Waals surface area contributed by atoms with Gasteiger partial charge in [0.1, 0.15) is 5.58 Å². The lowest BCUT2D eigenvalue weighted by molar-refractivity contribution is 0.242. The molecule has 3 rings (SSSR count). The van der Waals surface area contributed by atoms with E-state index in [4.69, 9.17) is 18.6 Å². The molecule has 0 N–H and O–H groups in total. The molecular formula is C29H39NO5. The number of para-hydroxylation sites is 1. The standard InChI is InChI=1S/C29H39NO5/c1-5-7-17-30(18-8-6-2)19-11-12-20-34-29-27(31)23-13-9-10-14-24(23)35-28(29)22-15-16-25(32-3)26(21-22)33-4/h9-10,13-16,21H,5-8,11-12,17-20H2,1-4H3. The van der Waals surface area contributed by atoms with Gasteiger partial charge in [0.25, 0.3) is 0 Å². The van der Waals surface area contributed by atoms with E-state index in [-0.39, 0.29) is 11.2 Å². The van der Waals surface area contributed by atoms with Crippen LogP contribution in [0.2, 0.25) is 0 Å². The molecule has 1 aromatic heterocycles. The van der Waals surface area contributed by atoms with Crippen molar-refractivity contribution in [3.63, 3.8) is 0 Å². The third kappa shape index (κ3) is 7.01. The van der Waals surface area contributed by atoms with Gasteiger partial charge in [-0.05, 0) is 75.6 Å². The summed E-state index contributed by atoms with van der Waals surface area (Å²) in [6, 6.07) is 12.7. The quantitative estimate of drug-likeness (QED) is 0.230. The molecule has 0 radical (unpaired) electrons. The summed E-state index contributed by atoms with van der Waals surface area (Å²) >= 11 is 0. The Morgan fingerprint density at radius 3 is 2.20 bits per heavy atom. The highest BCUT2D eigenvalue weighted by Gasteiger charge is 2.19. The number of hydrogen-bond acceptors (Lipinski definition) is 6. The van der Waals surface area contributed by atoms with E-state index < -0.39 is 0 Å². The first kappa shape index (κ1) is 26.6. The second-order valence-electron chi connectivity index (χ2n) is 8.76. The summed E-state index contributed by atoms with van der Waals surface area (Å²) in [6.45, 7) is 8.27. The number of unbranched alkanes of at least 4 members (excludes halogenated alkanes) is 3. The molecule has 0 bridgehead atoms. The third-order valence-electron chi connectivity index (χ3n) is 6.17. The van der Waals surface area contributed by atoms with Crippen molar-refractivity contribution in [1.82, 2.24) is 4.90 Å². The molecule has 0 saturated carbocycles. The van der Waals surface area contributed by atoms with Crippen LogP contribution >= 0.6 is 0 Å². The maximum Gasteiger partial charge on any atom is 0.235 e. The third-order valence-corrected chi connectivity index (χ3v) is 6.17. The molecule has 0 unspecified atom stereocenters. The molecule has 0 aliphatic heterocycles. The lowest BCUT2D eigenvalue weighted by Crippen LogP contribution is -2.27. The molecule has 0 atom stereocenters. The molecule has 190 valence electrons. The largest absolute Gasteiger partial charge is 0.493 e. The Kier molecular flexibility index (Phi) is 10.5. The van der Waals surface area contributed by atoms with E-state index >= 15 is 0 Å². The first-order valence-electron chi connectivity index (χ1n) is 12.8. The Labute approximate surface area is 208 Å². The maximum absolute atomic E-state index is 13.4. The molecule has 0 saturated heterocycles. The van der Waals surface area contributed by atoms with E-state index in [0.717, 1.165) is 32.5 Å². The number of methoxy groups -OCH3 is 2. The minimum atomic E-state index is -0.163. The van der Waals surface area contributed by atoms with Crippen LogP contribution in [0.15, 0.2) is 51.7 Å². The molecule has 0 amide bonds. The van der Waals surface area contributed by atoms with Gasteiger partial charge in [0.05, 0.1) is 26.2 Å². The van der Waals surface area contributed by atoms with Crippen molar-refractivity contribution >= 4 is 11.0 Å². The SMILES string of the molecule is CCCCN(CCCC)CCCCOc1c(-c2ccc(OC)c(OC)c2)oc2ccccc2c1=O. The highest BCUT2D eigenvalue weighted by Crippen LogP contribution is 2.36. The molecule has 35 heavy (non-hydrogen) atoms. The number of ether oxygens (including phenoxy) is 3. The van der Waals surface area contributed by atoms with Gasteiger partial charge in [-0.25, -0.2) is 0 Å². The molecule has 0 aliphatic rings. The predicted molar refractivity (Wildman–Crippen MR) is 142 cm³/mol. The molecule has 2 aromatic carbocycles. The first-order chi connectivity index (χ1) is 17.1. The van der Waals surface area contributed by atoms with Gasteiger partial charge < -0.3 is 23.5 Å². The molecule has 3 aromatic rings. The second-order valence-corrected chi connectivity index (χ2v) is 8.76. The Hall–Kier alpha value is -2.99. The fraction of sp³-hybridized carbons (Fsp3) is 0.483. The fourth-order valence-corrected chi connectivity index (χ4v) is 4.13. The summed E-state index contributed by atoms with van der Waals surface area (Å²) in [7, 11) is 3.17. The van der Waals surface area contributed by atoms with Gasteiger partial charge in [-0.1, -0.05) is 38.8 Å². The molecule has 0 aliphatic carbocycles. The van der Waals surface area contributed by atoms with Gasteiger partial charge >= 0.3 is 0 Å². The fourth-order valence-electron chi connectivity index (χ4n) is 4.13. The van der Waals surface area contributed by atoms with E-state index in [1.165, 1.54) is 25.7 Å². The zero-order valence-electron chi connectivity index (χ0n) is 21.6. The Bertz CT molecular complexity index is 1120. The van der Waals surface area contributed by atoms with E-state index in [1.807, 2.05) is 18.2 Å². The number of rotatable bonds is 15. The maximum atomic E-state index is 13.4. The van der Waals surface area contributed by atoms with Gasteiger partial charge in [0, 0.05) is 5.56 Å². The Morgan fingerprint density at radius 1 is 0.829 bits per heavy atom. The van der Waals surface area contributed by atoms with Crippen molar-refractivity contribution in [2.75, 3.05) is 40.5 Å². The highest BCUT2D eigenvalue weighted by atomic mass is 16.5. The van der Waals surface area contributed by atoms with Gasteiger partial charge in [-0.3, -0.25) is 4.79 Å². The molecule has 6 heteroatoms. The summed E-state index contributed by atoms with van der Waals surface area (Å²) in [4.78, 5) is 15.9. The van der Waals surface area contributed by atoms with Crippen LogP contribution in [0.5, 0.6) is 17.2 Å². The van der Waals surface area contributed by atoms with Crippen LogP contribution in [0.1, 0.15) is 52.4 Å². The van der Waals surface area contributed by atoms with E-state index in [0.29, 0.717) is 40.4 Å². The average Bonchev–Trinajstić information content (AvgIpc) is 2.90. The van der Waals surface area contributed by atoms with Gasteiger partial charge in [0.2, 0.25) is 11.2 Å². The van der Waals surface area contributed by atoms with Crippen LogP contribution in [0.3, 0.4) is 0 Å². The molecule has 0 spiro atoms. The van der Waals surface area contributed by atoms with Crippen LogP contribution < -0.4 is 19.6 Å².